The third kappa shape index (κ3) is 4.63. The molecule has 152 valence electrons. The van der Waals surface area contributed by atoms with Gasteiger partial charge >= 0.3 is 0 Å². The maximum atomic E-state index is 12.0. The maximum Gasteiger partial charge on any atom is 0.263 e. The molecule has 30 heavy (non-hydrogen) atoms. The van der Waals surface area contributed by atoms with Gasteiger partial charge in [-0.3, -0.25) is 4.79 Å². The summed E-state index contributed by atoms with van der Waals surface area (Å²) in [6.45, 7) is 2.88. The number of carbonyl (C=O) groups is 1. The van der Waals surface area contributed by atoms with Crippen LogP contribution in [0, 0.1) is 3.57 Å². The monoisotopic (exact) mass is 547 g/mol. The summed E-state index contributed by atoms with van der Waals surface area (Å²) in [5.41, 5.74) is 1.98. The average Bonchev–Trinajstić information content (AvgIpc) is 3.04. The Bertz CT molecular complexity index is 1170. The van der Waals surface area contributed by atoms with E-state index in [-0.39, 0.29) is 5.91 Å². The van der Waals surface area contributed by atoms with Crippen molar-refractivity contribution in [3.8, 4) is 11.5 Å². The first-order chi connectivity index (χ1) is 14.5. The number of halogens is 1. The van der Waals surface area contributed by atoms with Gasteiger partial charge < -0.3 is 14.8 Å². The van der Waals surface area contributed by atoms with E-state index in [0.717, 1.165) is 14.7 Å². The van der Waals surface area contributed by atoms with Crippen LogP contribution in [0.5, 0.6) is 11.5 Å². The molecule has 1 aliphatic rings. The molecule has 3 aromatic carbocycles. The van der Waals surface area contributed by atoms with Crippen LogP contribution >= 0.6 is 46.6 Å². The van der Waals surface area contributed by atoms with Crippen LogP contribution in [0.2, 0.25) is 0 Å². The molecule has 1 N–H and O–H groups in total. The Morgan fingerprint density at radius 1 is 1.13 bits per heavy atom. The van der Waals surface area contributed by atoms with Crippen molar-refractivity contribution in [2.45, 2.75) is 13.5 Å². The molecule has 0 aromatic heterocycles. The Labute approximate surface area is 198 Å². The summed E-state index contributed by atoms with van der Waals surface area (Å²) in [4.78, 5) is 12.5. The molecule has 3 aromatic rings. The zero-order valence-electron chi connectivity index (χ0n) is 16.1. The average molecular weight is 547 g/mol. The number of fused-ring (bicyclic) bond motifs is 1. The van der Waals surface area contributed by atoms with E-state index in [9.17, 15) is 4.79 Å². The Morgan fingerprint density at radius 3 is 2.70 bits per heavy atom. The molecule has 7 heteroatoms. The lowest BCUT2D eigenvalue weighted by Gasteiger charge is -2.16. The minimum Gasteiger partial charge on any atom is -0.490 e. The van der Waals surface area contributed by atoms with Crippen LogP contribution < -0.4 is 14.8 Å². The molecule has 0 atom stereocenters. The minimum atomic E-state index is -0.172. The molecule has 0 radical (unpaired) electrons. The predicted molar refractivity (Wildman–Crippen MR) is 135 cm³/mol. The van der Waals surface area contributed by atoms with Crippen molar-refractivity contribution in [2.75, 3.05) is 6.61 Å². The molecule has 1 fully saturated rings. The van der Waals surface area contributed by atoms with Gasteiger partial charge in [0.25, 0.3) is 5.91 Å². The second-order valence-electron chi connectivity index (χ2n) is 6.54. The van der Waals surface area contributed by atoms with Crippen molar-refractivity contribution < 1.29 is 14.3 Å². The molecule has 4 rings (SSSR count). The van der Waals surface area contributed by atoms with Crippen molar-refractivity contribution in [1.29, 1.82) is 0 Å². The second kappa shape index (κ2) is 9.36. The van der Waals surface area contributed by atoms with Gasteiger partial charge in [0.2, 0.25) is 0 Å². The fourth-order valence-corrected chi connectivity index (χ4v) is 5.04. The molecule has 1 aliphatic heterocycles. The molecule has 0 saturated carbocycles. The first-order valence-corrected chi connectivity index (χ1v) is 11.7. The number of nitrogens with one attached hydrogen (secondary N) is 1. The number of carbonyl (C=O) groups excluding carboxylic acids is 1. The predicted octanol–water partition coefficient (Wildman–Crippen LogP) is 5.91. The number of thioether (sulfide) groups is 1. The summed E-state index contributed by atoms with van der Waals surface area (Å²) in [6, 6.07) is 18.4. The highest BCUT2D eigenvalue weighted by Gasteiger charge is 2.22. The fraction of sp³-hybridized carbons (Fsp3) is 0.130. The molecule has 0 unspecified atom stereocenters. The smallest absolute Gasteiger partial charge is 0.263 e. The summed E-state index contributed by atoms with van der Waals surface area (Å²) in [5, 5.41) is 5.00. The lowest BCUT2D eigenvalue weighted by atomic mass is 10.1. The molecule has 1 heterocycles. The summed E-state index contributed by atoms with van der Waals surface area (Å²) >= 11 is 8.57. The highest BCUT2D eigenvalue weighted by atomic mass is 127. The summed E-state index contributed by atoms with van der Waals surface area (Å²) in [7, 11) is 0. The van der Waals surface area contributed by atoms with Crippen LogP contribution in [0.25, 0.3) is 16.8 Å². The van der Waals surface area contributed by atoms with Crippen LogP contribution in [-0.2, 0) is 11.4 Å². The Balaban J connectivity index is 1.63. The van der Waals surface area contributed by atoms with Crippen molar-refractivity contribution in [3.05, 3.63) is 74.2 Å². The first kappa shape index (κ1) is 21.1. The van der Waals surface area contributed by atoms with Crippen LogP contribution in [-0.4, -0.2) is 16.8 Å². The highest BCUT2D eigenvalue weighted by molar-refractivity contribution is 14.1. The van der Waals surface area contributed by atoms with E-state index >= 15 is 0 Å². The molecule has 0 aliphatic carbocycles. The van der Waals surface area contributed by atoms with E-state index < -0.39 is 0 Å². The van der Waals surface area contributed by atoms with Crippen molar-refractivity contribution in [3.63, 3.8) is 0 Å². The van der Waals surface area contributed by atoms with E-state index in [1.165, 1.54) is 22.5 Å². The van der Waals surface area contributed by atoms with Crippen molar-refractivity contribution >= 4 is 73.6 Å². The lowest BCUT2D eigenvalue weighted by molar-refractivity contribution is -0.115. The molecule has 4 nitrogen and oxygen atoms in total. The zero-order chi connectivity index (χ0) is 21.1. The normalized spacial score (nSPS) is 14.9. The largest absolute Gasteiger partial charge is 0.490 e. The molecule has 1 saturated heterocycles. The third-order valence-corrected chi connectivity index (χ3v) is 6.49. The van der Waals surface area contributed by atoms with E-state index in [1.54, 1.807) is 0 Å². The van der Waals surface area contributed by atoms with Crippen LogP contribution in [0.3, 0.4) is 0 Å². The SMILES string of the molecule is CCOc1cc(C=C2SC(=S)NC2=O)cc(I)c1OCc1cccc2ccccc12. The van der Waals surface area contributed by atoms with Gasteiger partial charge in [-0.15, -0.1) is 0 Å². The fourth-order valence-electron chi connectivity index (χ4n) is 3.21. The topological polar surface area (TPSA) is 47.6 Å². The molecular weight excluding hydrogens is 529 g/mol. The van der Waals surface area contributed by atoms with Gasteiger partial charge in [0.05, 0.1) is 15.1 Å². The molecule has 0 bridgehead atoms. The molecule has 0 spiro atoms. The van der Waals surface area contributed by atoms with E-state index in [2.05, 4.69) is 52.2 Å². The van der Waals surface area contributed by atoms with E-state index in [0.29, 0.717) is 33.9 Å². The van der Waals surface area contributed by atoms with Gasteiger partial charge in [0.15, 0.2) is 11.5 Å². The highest BCUT2D eigenvalue weighted by Crippen LogP contribution is 2.37. The standard InChI is InChI=1S/C23H18INO3S2/c1-2-27-19-11-14(12-20-22(26)25-23(29)30-20)10-18(24)21(19)28-13-16-8-5-7-15-6-3-4-9-17(15)16/h3-12H,2,13H2,1H3,(H,25,26,29). The number of amides is 1. The lowest BCUT2D eigenvalue weighted by Crippen LogP contribution is -2.17. The van der Waals surface area contributed by atoms with Gasteiger partial charge in [0.1, 0.15) is 10.9 Å². The number of benzene rings is 3. The number of hydrogen-bond donors (Lipinski definition) is 1. The van der Waals surface area contributed by atoms with Gasteiger partial charge in [0, 0.05) is 0 Å². The second-order valence-corrected chi connectivity index (χ2v) is 9.42. The Kier molecular flexibility index (Phi) is 6.60. The van der Waals surface area contributed by atoms with Crippen LogP contribution in [0.4, 0.5) is 0 Å². The van der Waals surface area contributed by atoms with Crippen LogP contribution in [0.15, 0.2) is 59.5 Å². The number of ether oxygens (including phenoxy) is 2. The van der Waals surface area contributed by atoms with Gasteiger partial charge in [-0.1, -0.05) is 66.4 Å². The maximum absolute atomic E-state index is 12.0. The van der Waals surface area contributed by atoms with Gasteiger partial charge in [-0.2, -0.15) is 0 Å². The van der Waals surface area contributed by atoms with Crippen molar-refractivity contribution in [2.24, 2.45) is 0 Å². The zero-order valence-corrected chi connectivity index (χ0v) is 19.9. The summed E-state index contributed by atoms with van der Waals surface area (Å²) in [5.74, 6) is 1.18. The minimum absolute atomic E-state index is 0.172. The van der Waals surface area contributed by atoms with Gasteiger partial charge in [-0.25, -0.2) is 0 Å². The molecule has 1 amide bonds. The van der Waals surface area contributed by atoms with Gasteiger partial charge in [-0.05, 0) is 69.6 Å². The number of hydrogen-bond acceptors (Lipinski definition) is 5. The number of rotatable bonds is 6. The Morgan fingerprint density at radius 2 is 1.93 bits per heavy atom. The Hall–Kier alpha value is -2.10. The molecular formula is C23H18INO3S2. The van der Waals surface area contributed by atoms with Crippen LogP contribution in [0.1, 0.15) is 18.1 Å². The van der Waals surface area contributed by atoms with E-state index in [1.807, 2.05) is 43.3 Å². The number of thiocarbonyl (C=S) groups is 1. The quantitative estimate of drug-likeness (QED) is 0.236. The van der Waals surface area contributed by atoms with E-state index in [4.69, 9.17) is 21.7 Å². The third-order valence-electron chi connectivity index (χ3n) is 4.52. The summed E-state index contributed by atoms with van der Waals surface area (Å²) in [6.07, 6.45) is 1.82. The van der Waals surface area contributed by atoms with Crippen molar-refractivity contribution in [1.82, 2.24) is 5.32 Å². The first-order valence-electron chi connectivity index (χ1n) is 9.36. The summed E-state index contributed by atoms with van der Waals surface area (Å²) < 4.78 is 13.5.